The van der Waals surface area contributed by atoms with E-state index in [1.54, 1.807) is 0 Å². The van der Waals surface area contributed by atoms with Crippen LogP contribution in [-0.2, 0) is 6.54 Å². The van der Waals surface area contributed by atoms with E-state index in [4.69, 9.17) is 5.10 Å². The molecule has 1 aromatic carbocycles. The molecule has 2 aromatic rings. The van der Waals surface area contributed by atoms with Gasteiger partial charge in [0.15, 0.2) is 0 Å². The van der Waals surface area contributed by atoms with Crippen LogP contribution >= 0.6 is 0 Å². The lowest BCUT2D eigenvalue weighted by atomic mass is 10.1. The molecule has 102 valence electrons. The topological polar surface area (TPSA) is 29.9 Å². The summed E-state index contributed by atoms with van der Waals surface area (Å²) in [4.78, 5) is 0. The molecule has 0 bridgehead atoms. The van der Waals surface area contributed by atoms with Gasteiger partial charge < -0.3 is 5.32 Å². The van der Waals surface area contributed by atoms with Crippen LogP contribution in [0.5, 0.6) is 0 Å². The molecule has 1 aromatic heterocycles. The van der Waals surface area contributed by atoms with Crippen molar-refractivity contribution in [1.82, 2.24) is 15.1 Å². The molecular formula is C16H23N3. The zero-order valence-corrected chi connectivity index (χ0v) is 12.5. The van der Waals surface area contributed by atoms with Crippen molar-refractivity contribution in [2.24, 2.45) is 0 Å². The largest absolute Gasteiger partial charge is 0.313 e. The second-order valence-corrected chi connectivity index (χ2v) is 5.13. The highest BCUT2D eigenvalue weighted by molar-refractivity contribution is 5.45. The van der Waals surface area contributed by atoms with E-state index in [2.05, 4.69) is 62.8 Å². The summed E-state index contributed by atoms with van der Waals surface area (Å²) in [5, 5.41) is 8.10. The lowest BCUT2D eigenvalue weighted by Gasteiger charge is -2.10. The molecule has 0 unspecified atom stereocenters. The van der Waals surface area contributed by atoms with E-state index in [0.29, 0.717) is 0 Å². The van der Waals surface area contributed by atoms with Gasteiger partial charge in [0.05, 0.1) is 11.4 Å². The Labute approximate surface area is 115 Å². The van der Waals surface area contributed by atoms with Crippen molar-refractivity contribution in [3.8, 4) is 5.69 Å². The second-order valence-electron chi connectivity index (χ2n) is 5.13. The number of hydrogen-bond acceptors (Lipinski definition) is 2. The minimum Gasteiger partial charge on any atom is -0.313 e. The molecule has 0 aliphatic heterocycles. The summed E-state index contributed by atoms with van der Waals surface area (Å²) < 4.78 is 2.07. The molecule has 0 aliphatic carbocycles. The smallest absolute Gasteiger partial charge is 0.0680 e. The molecule has 0 fully saturated rings. The van der Waals surface area contributed by atoms with E-state index in [9.17, 15) is 0 Å². The first-order chi connectivity index (χ1) is 9.04. The fraction of sp³-hybridized carbons (Fsp3) is 0.438. The lowest BCUT2D eigenvalue weighted by molar-refractivity contribution is 0.719. The van der Waals surface area contributed by atoms with E-state index in [1.165, 1.54) is 28.1 Å². The van der Waals surface area contributed by atoms with Gasteiger partial charge in [-0.15, -0.1) is 0 Å². The van der Waals surface area contributed by atoms with E-state index in [1.807, 2.05) is 0 Å². The Kier molecular flexibility index (Phi) is 4.05. The Morgan fingerprint density at radius 1 is 1.16 bits per heavy atom. The van der Waals surface area contributed by atoms with Gasteiger partial charge in [0.1, 0.15) is 0 Å². The monoisotopic (exact) mass is 257 g/mol. The van der Waals surface area contributed by atoms with Gasteiger partial charge in [-0.3, -0.25) is 0 Å². The minimum absolute atomic E-state index is 0.888. The number of aryl methyl sites for hydroxylation is 3. The number of nitrogens with one attached hydrogen (secondary N) is 1. The third-order valence-electron chi connectivity index (χ3n) is 3.59. The zero-order valence-electron chi connectivity index (χ0n) is 12.5. The highest BCUT2D eigenvalue weighted by atomic mass is 15.3. The van der Waals surface area contributed by atoms with Gasteiger partial charge in [-0.1, -0.05) is 19.1 Å². The Morgan fingerprint density at radius 2 is 1.89 bits per heavy atom. The fourth-order valence-electron chi connectivity index (χ4n) is 2.36. The predicted molar refractivity (Wildman–Crippen MR) is 79.9 cm³/mol. The molecule has 0 spiro atoms. The van der Waals surface area contributed by atoms with E-state index < -0.39 is 0 Å². The Morgan fingerprint density at radius 3 is 2.58 bits per heavy atom. The van der Waals surface area contributed by atoms with E-state index in [-0.39, 0.29) is 0 Å². The molecule has 0 atom stereocenters. The Hall–Kier alpha value is -1.61. The quantitative estimate of drug-likeness (QED) is 0.911. The average Bonchev–Trinajstić information content (AvgIpc) is 2.66. The maximum absolute atomic E-state index is 4.71. The van der Waals surface area contributed by atoms with Crippen molar-refractivity contribution in [3.05, 3.63) is 46.3 Å². The van der Waals surface area contributed by atoms with Crippen LogP contribution < -0.4 is 5.32 Å². The van der Waals surface area contributed by atoms with Crippen molar-refractivity contribution < 1.29 is 0 Å². The highest BCUT2D eigenvalue weighted by Crippen LogP contribution is 2.21. The minimum atomic E-state index is 0.888. The number of benzene rings is 1. The fourth-order valence-corrected chi connectivity index (χ4v) is 2.36. The average molecular weight is 257 g/mol. The third kappa shape index (κ3) is 2.71. The predicted octanol–water partition coefficient (Wildman–Crippen LogP) is 3.22. The van der Waals surface area contributed by atoms with Crippen molar-refractivity contribution >= 4 is 0 Å². The summed E-state index contributed by atoms with van der Waals surface area (Å²) in [6.45, 7) is 12.5. The summed E-state index contributed by atoms with van der Waals surface area (Å²) in [7, 11) is 0. The molecule has 0 aliphatic rings. The number of hydrogen-bond donors (Lipinski definition) is 1. The number of aromatic nitrogens is 2. The maximum Gasteiger partial charge on any atom is 0.0680 e. The first kappa shape index (κ1) is 13.8. The second kappa shape index (κ2) is 5.57. The molecule has 0 saturated heterocycles. The highest BCUT2D eigenvalue weighted by Gasteiger charge is 2.13. The van der Waals surface area contributed by atoms with Crippen LogP contribution in [0.25, 0.3) is 5.69 Å². The van der Waals surface area contributed by atoms with Crippen LogP contribution in [0.15, 0.2) is 18.2 Å². The van der Waals surface area contributed by atoms with Crippen molar-refractivity contribution in [2.75, 3.05) is 6.54 Å². The molecule has 0 saturated carbocycles. The van der Waals surface area contributed by atoms with Crippen LogP contribution in [-0.4, -0.2) is 16.3 Å². The molecule has 1 N–H and O–H groups in total. The van der Waals surface area contributed by atoms with Gasteiger partial charge in [-0.25, -0.2) is 4.68 Å². The molecular weight excluding hydrogens is 234 g/mol. The molecule has 1 heterocycles. The van der Waals surface area contributed by atoms with Gasteiger partial charge in [0, 0.05) is 17.8 Å². The van der Waals surface area contributed by atoms with Gasteiger partial charge in [-0.05, 0) is 51.4 Å². The summed E-state index contributed by atoms with van der Waals surface area (Å²) in [6, 6.07) is 6.50. The summed E-state index contributed by atoms with van der Waals surface area (Å²) in [5.41, 5.74) is 7.35. The first-order valence-corrected chi connectivity index (χ1v) is 6.88. The molecule has 2 rings (SSSR count). The van der Waals surface area contributed by atoms with Gasteiger partial charge in [0.2, 0.25) is 0 Å². The molecule has 3 nitrogen and oxygen atoms in total. The van der Waals surface area contributed by atoms with Crippen molar-refractivity contribution in [2.45, 2.75) is 41.2 Å². The van der Waals surface area contributed by atoms with E-state index in [0.717, 1.165) is 18.8 Å². The van der Waals surface area contributed by atoms with Crippen LogP contribution in [0.3, 0.4) is 0 Å². The molecule has 3 heteroatoms. The Bertz CT molecular complexity index is 582. The first-order valence-electron chi connectivity index (χ1n) is 6.88. The lowest BCUT2D eigenvalue weighted by Crippen LogP contribution is -2.13. The summed E-state index contributed by atoms with van der Waals surface area (Å²) in [6.07, 6.45) is 0. The van der Waals surface area contributed by atoms with Crippen LogP contribution in [0.2, 0.25) is 0 Å². The standard InChI is InChI=1S/C16H23N3/c1-6-17-10-15-13(4)18-19(14(15)5)16-9-11(2)7-8-12(16)3/h7-9,17H,6,10H2,1-5H3. The molecule has 19 heavy (non-hydrogen) atoms. The van der Waals surface area contributed by atoms with Crippen LogP contribution in [0, 0.1) is 27.7 Å². The molecule has 0 radical (unpaired) electrons. The van der Waals surface area contributed by atoms with Gasteiger partial charge >= 0.3 is 0 Å². The van der Waals surface area contributed by atoms with Crippen molar-refractivity contribution in [3.63, 3.8) is 0 Å². The van der Waals surface area contributed by atoms with Crippen LogP contribution in [0.1, 0.15) is 35.0 Å². The maximum atomic E-state index is 4.71. The van der Waals surface area contributed by atoms with Gasteiger partial charge in [0.25, 0.3) is 0 Å². The molecule has 0 amide bonds. The number of rotatable bonds is 4. The number of nitrogens with zero attached hydrogens (tertiary/aromatic N) is 2. The SMILES string of the molecule is CCNCc1c(C)nn(-c2cc(C)ccc2C)c1C. The Balaban J connectivity index is 2.48. The van der Waals surface area contributed by atoms with Gasteiger partial charge in [-0.2, -0.15) is 5.10 Å². The summed E-state index contributed by atoms with van der Waals surface area (Å²) in [5.74, 6) is 0. The normalized spacial score (nSPS) is 11.0. The van der Waals surface area contributed by atoms with Crippen molar-refractivity contribution in [1.29, 1.82) is 0 Å². The van der Waals surface area contributed by atoms with E-state index >= 15 is 0 Å². The zero-order chi connectivity index (χ0) is 14.0. The third-order valence-corrected chi connectivity index (χ3v) is 3.59. The summed E-state index contributed by atoms with van der Waals surface area (Å²) >= 11 is 0. The van der Waals surface area contributed by atoms with Crippen LogP contribution in [0.4, 0.5) is 0 Å².